The van der Waals surface area contributed by atoms with Gasteiger partial charge in [-0.05, 0) is 19.8 Å². The van der Waals surface area contributed by atoms with Gasteiger partial charge in [0.25, 0.3) is 0 Å². The van der Waals surface area contributed by atoms with Crippen LogP contribution in [-0.2, 0) is 4.79 Å². The van der Waals surface area contributed by atoms with Gasteiger partial charge in [0.1, 0.15) is 6.29 Å². The van der Waals surface area contributed by atoms with Crippen molar-refractivity contribution in [2.24, 2.45) is 11.7 Å². The van der Waals surface area contributed by atoms with Crippen molar-refractivity contribution in [2.75, 3.05) is 0 Å². The van der Waals surface area contributed by atoms with E-state index >= 15 is 0 Å². The Balaban J connectivity index is 2.59. The summed E-state index contributed by atoms with van der Waals surface area (Å²) in [5, 5.41) is 0. The monoisotopic (exact) mass is 141 g/mol. The van der Waals surface area contributed by atoms with E-state index in [1.165, 1.54) is 6.42 Å². The van der Waals surface area contributed by atoms with Gasteiger partial charge in [-0.25, -0.2) is 0 Å². The zero-order chi connectivity index (χ0) is 7.61. The van der Waals surface area contributed by atoms with Gasteiger partial charge in [0.05, 0.1) is 0 Å². The number of aldehydes is 1. The van der Waals surface area contributed by atoms with E-state index in [1.54, 1.807) is 0 Å². The summed E-state index contributed by atoms with van der Waals surface area (Å²) in [6.07, 6.45) is 5.33. The lowest BCUT2D eigenvalue weighted by Crippen LogP contribution is -2.46. The first-order valence-corrected chi connectivity index (χ1v) is 3.91. The Morgan fingerprint density at radius 1 is 1.60 bits per heavy atom. The third kappa shape index (κ3) is 1.37. The highest BCUT2D eigenvalue weighted by atomic mass is 16.1. The Kier molecular flexibility index (Phi) is 2.09. The van der Waals surface area contributed by atoms with Crippen molar-refractivity contribution < 1.29 is 4.79 Å². The molecule has 2 N–H and O–H groups in total. The third-order valence-corrected chi connectivity index (χ3v) is 2.49. The van der Waals surface area contributed by atoms with Crippen molar-refractivity contribution in [2.45, 2.75) is 38.1 Å². The molecule has 2 heteroatoms. The summed E-state index contributed by atoms with van der Waals surface area (Å²) < 4.78 is 0. The molecule has 2 unspecified atom stereocenters. The van der Waals surface area contributed by atoms with Crippen molar-refractivity contribution in [3.8, 4) is 0 Å². The second-order valence-corrected chi connectivity index (χ2v) is 3.49. The number of hydrogen-bond donors (Lipinski definition) is 1. The fourth-order valence-electron chi connectivity index (χ4n) is 1.61. The molecule has 0 amide bonds. The van der Waals surface area contributed by atoms with E-state index in [1.807, 2.05) is 6.92 Å². The molecular formula is C8H15NO. The van der Waals surface area contributed by atoms with Crippen LogP contribution in [-0.4, -0.2) is 11.8 Å². The van der Waals surface area contributed by atoms with E-state index in [-0.39, 0.29) is 11.5 Å². The summed E-state index contributed by atoms with van der Waals surface area (Å²) in [5.41, 5.74) is 5.68. The minimum absolute atomic E-state index is 0.0984. The van der Waals surface area contributed by atoms with Crippen molar-refractivity contribution in [3.05, 3.63) is 0 Å². The standard InChI is InChI=1S/C8H15NO/c1-8(9)5-3-2-4-7(8)6-10/h6-7H,2-5,9H2,1H3. The predicted molar refractivity (Wildman–Crippen MR) is 40.6 cm³/mol. The van der Waals surface area contributed by atoms with Crippen LogP contribution < -0.4 is 5.73 Å². The molecule has 1 aliphatic rings. The van der Waals surface area contributed by atoms with Crippen LogP contribution in [0.2, 0.25) is 0 Å². The predicted octanol–water partition coefficient (Wildman–Crippen LogP) is 1.09. The Morgan fingerprint density at radius 2 is 2.30 bits per heavy atom. The number of hydrogen-bond acceptors (Lipinski definition) is 2. The molecule has 0 aromatic heterocycles. The highest BCUT2D eigenvalue weighted by molar-refractivity contribution is 5.56. The highest BCUT2D eigenvalue weighted by Crippen LogP contribution is 2.29. The van der Waals surface area contributed by atoms with E-state index in [4.69, 9.17) is 5.73 Å². The molecule has 10 heavy (non-hydrogen) atoms. The molecule has 2 atom stereocenters. The second kappa shape index (κ2) is 2.70. The second-order valence-electron chi connectivity index (χ2n) is 3.49. The smallest absolute Gasteiger partial charge is 0.124 e. The summed E-state index contributed by atoms with van der Waals surface area (Å²) in [6, 6.07) is 0. The molecule has 0 aromatic carbocycles. The van der Waals surface area contributed by atoms with E-state index in [9.17, 15) is 4.79 Å². The Hall–Kier alpha value is -0.370. The van der Waals surface area contributed by atoms with Gasteiger partial charge in [-0.15, -0.1) is 0 Å². The van der Waals surface area contributed by atoms with Crippen molar-refractivity contribution >= 4 is 6.29 Å². The minimum Gasteiger partial charge on any atom is -0.325 e. The molecule has 0 aromatic rings. The Morgan fingerprint density at radius 3 is 2.70 bits per heavy atom. The molecule has 0 radical (unpaired) electrons. The molecule has 0 aliphatic heterocycles. The van der Waals surface area contributed by atoms with Crippen LogP contribution in [0.1, 0.15) is 32.6 Å². The summed E-state index contributed by atoms with van der Waals surface area (Å²) in [6.45, 7) is 1.98. The lowest BCUT2D eigenvalue weighted by Gasteiger charge is -2.34. The first-order valence-electron chi connectivity index (χ1n) is 3.91. The molecule has 1 saturated carbocycles. The molecule has 0 spiro atoms. The Labute approximate surface area is 61.8 Å². The fourth-order valence-corrected chi connectivity index (χ4v) is 1.61. The van der Waals surface area contributed by atoms with Crippen molar-refractivity contribution in [1.82, 2.24) is 0 Å². The van der Waals surface area contributed by atoms with Gasteiger partial charge in [-0.3, -0.25) is 0 Å². The van der Waals surface area contributed by atoms with E-state index < -0.39 is 0 Å². The zero-order valence-corrected chi connectivity index (χ0v) is 6.47. The zero-order valence-electron chi connectivity index (χ0n) is 6.47. The average molecular weight is 141 g/mol. The molecule has 58 valence electrons. The van der Waals surface area contributed by atoms with E-state index in [2.05, 4.69) is 0 Å². The SMILES string of the molecule is CC1(N)CCCCC1C=O. The number of carbonyl (C=O) groups excluding carboxylic acids is 1. The van der Waals surface area contributed by atoms with Crippen LogP contribution in [0, 0.1) is 5.92 Å². The minimum atomic E-state index is -0.222. The van der Waals surface area contributed by atoms with Gasteiger partial charge in [-0.2, -0.15) is 0 Å². The van der Waals surface area contributed by atoms with Crippen LogP contribution >= 0.6 is 0 Å². The average Bonchev–Trinajstić information content (AvgIpc) is 1.87. The first-order chi connectivity index (χ1) is 4.67. The molecule has 1 fully saturated rings. The Bertz CT molecular complexity index is 131. The van der Waals surface area contributed by atoms with Gasteiger partial charge < -0.3 is 10.5 Å². The van der Waals surface area contributed by atoms with Crippen molar-refractivity contribution in [3.63, 3.8) is 0 Å². The van der Waals surface area contributed by atoms with Gasteiger partial charge in [0.15, 0.2) is 0 Å². The van der Waals surface area contributed by atoms with Crippen LogP contribution in [0.25, 0.3) is 0 Å². The lowest BCUT2D eigenvalue weighted by atomic mass is 9.75. The normalized spacial score (nSPS) is 41.2. The molecule has 1 rings (SSSR count). The van der Waals surface area contributed by atoms with Crippen LogP contribution in [0.3, 0.4) is 0 Å². The lowest BCUT2D eigenvalue weighted by molar-refractivity contribution is -0.113. The van der Waals surface area contributed by atoms with Gasteiger partial charge in [-0.1, -0.05) is 12.8 Å². The molecule has 0 heterocycles. The highest BCUT2D eigenvalue weighted by Gasteiger charge is 2.31. The molecule has 0 bridgehead atoms. The maximum Gasteiger partial charge on any atom is 0.124 e. The maximum atomic E-state index is 10.5. The van der Waals surface area contributed by atoms with Crippen LogP contribution in [0.4, 0.5) is 0 Å². The largest absolute Gasteiger partial charge is 0.325 e. The quantitative estimate of drug-likeness (QED) is 0.555. The molecule has 1 aliphatic carbocycles. The molecule has 0 saturated heterocycles. The first kappa shape index (κ1) is 7.73. The van der Waals surface area contributed by atoms with Gasteiger partial charge >= 0.3 is 0 Å². The molecule has 2 nitrogen and oxygen atoms in total. The van der Waals surface area contributed by atoms with E-state index in [0.717, 1.165) is 25.5 Å². The van der Waals surface area contributed by atoms with Crippen LogP contribution in [0.5, 0.6) is 0 Å². The summed E-state index contributed by atoms with van der Waals surface area (Å²) in [7, 11) is 0. The number of nitrogens with two attached hydrogens (primary N) is 1. The number of rotatable bonds is 1. The van der Waals surface area contributed by atoms with Crippen molar-refractivity contribution in [1.29, 1.82) is 0 Å². The summed E-state index contributed by atoms with van der Waals surface area (Å²) in [5.74, 6) is 0.0984. The van der Waals surface area contributed by atoms with Gasteiger partial charge in [0, 0.05) is 11.5 Å². The van der Waals surface area contributed by atoms with Crippen LogP contribution in [0.15, 0.2) is 0 Å². The fraction of sp³-hybridized carbons (Fsp3) is 0.875. The van der Waals surface area contributed by atoms with Gasteiger partial charge in [0.2, 0.25) is 0 Å². The third-order valence-electron chi connectivity index (χ3n) is 2.49. The molecular weight excluding hydrogens is 126 g/mol. The maximum absolute atomic E-state index is 10.5. The summed E-state index contributed by atoms with van der Waals surface area (Å²) >= 11 is 0. The number of carbonyl (C=O) groups is 1. The topological polar surface area (TPSA) is 43.1 Å². The van der Waals surface area contributed by atoms with E-state index in [0.29, 0.717) is 0 Å². The summed E-state index contributed by atoms with van der Waals surface area (Å²) in [4.78, 5) is 10.5.